The van der Waals surface area contributed by atoms with Gasteiger partial charge in [0.25, 0.3) is 5.91 Å². The van der Waals surface area contributed by atoms with Crippen LogP contribution in [0.2, 0.25) is 0 Å². The Bertz CT molecular complexity index is 1070. The molecular weight excluding hydrogens is 371 g/mol. The lowest BCUT2D eigenvalue weighted by Crippen LogP contribution is -2.15. The van der Waals surface area contributed by atoms with Crippen molar-refractivity contribution in [3.63, 3.8) is 0 Å². The summed E-state index contributed by atoms with van der Waals surface area (Å²) < 4.78 is 14.8. The number of aromatic nitrogens is 2. The molecule has 2 aromatic carbocycles. The van der Waals surface area contributed by atoms with Gasteiger partial charge in [0, 0.05) is 17.3 Å². The van der Waals surface area contributed by atoms with Gasteiger partial charge in [0.15, 0.2) is 0 Å². The van der Waals surface area contributed by atoms with Crippen LogP contribution in [0, 0.1) is 25.6 Å². The highest BCUT2D eigenvalue weighted by Gasteiger charge is 2.29. The Morgan fingerprint density at radius 2 is 1.55 bits per heavy atom. The number of anilines is 2. The molecule has 0 aliphatic heterocycles. The monoisotopic (exact) mass is 392 g/mol. The summed E-state index contributed by atoms with van der Waals surface area (Å²) in [6, 6.07) is 13.0. The first kappa shape index (κ1) is 18.9. The summed E-state index contributed by atoms with van der Waals surface area (Å²) in [6.07, 6.45) is 1.90. The number of benzene rings is 2. The van der Waals surface area contributed by atoms with E-state index in [1.54, 1.807) is 54.9 Å². The topological polar surface area (TPSA) is 76.0 Å². The van der Waals surface area contributed by atoms with Crippen molar-refractivity contribution in [3.8, 4) is 5.69 Å². The molecule has 29 heavy (non-hydrogen) atoms. The summed E-state index contributed by atoms with van der Waals surface area (Å²) in [4.78, 5) is 24.6. The molecule has 2 N–H and O–H groups in total. The summed E-state index contributed by atoms with van der Waals surface area (Å²) in [5.74, 6) is -0.424. The lowest BCUT2D eigenvalue weighted by atomic mass is 10.1. The van der Waals surface area contributed by atoms with Gasteiger partial charge in [-0.15, -0.1) is 0 Å². The van der Waals surface area contributed by atoms with Crippen molar-refractivity contribution in [1.82, 2.24) is 9.78 Å². The molecule has 7 heteroatoms. The lowest BCUT2D eigenvalue weighted by molar-refractivity contribution is -0.117. The van der Waals surface area contributed by atoms with Crippen LogP contribution in [-0.2, 0) is 4.79 Å². The Labute approximate surface area is 167 Å². The zero-order valence-corrected chi connectivity index (χ0v) is 16.2. The predicted molar refractivity (Wildman–Crippen MR) is 109 cm³/mol. The van der Waals surface area contributed by atoms with Crippen LogP contribution in [0.1, 0.15) is 34.6 Å². The molecule has 0 atom stereocenters. The van der Waals surface area contributed by atoms with Gasteiger partial charge in [-0.25, -0.2) is 9.07 Å². The first-order valence-electron chi connectivity index (χ1n) is 9.47. The van der Waals surface area contributed by atoms with Crippen LogP contribution in [0.5, 0.6) is 0 Å². The van der Waals surface area contributed by atoms with Gasteiger partial charge in [0.05, 0.1) is 22.6 Å². The molecule has 2 amide bonds. The highest BCUT2D eigenvalue weighted by molar-refractivity contribution is 6.06. The number of rotatable bonds is 5. The maximum Gasteiger partial charge on any atom is 0.259 e. The van der Waals surface area contributed by atoms with Crippen LogP contribution in [-0.4, -0.2) is 21.6 Å². The van der Waals surface area contributed by atoms with Crippen molar-refractivity contribution >= 4 is 23.2 Å². The number of hydrogen-bond donors (Lipinski definition) is 2. The maximum atomic E-state index is 13.2. The zero-order valence-electron chi connectivity index (χ0n) is 16.2. The summed E-state index contributed by atoms with van der Waals surface area (Å²) in [5, 5.41) is 10.2. The number of aryl methyl sites for hydroxylation is 1. The normalized spacial score (nSPS) is 13.2. The molecule has 1 aromatic heterocycles. The highest BCUT2D eigenvalue weighted by Crippen LogP contribution is 2.30. The molecule has 0 radical (unpaired) electrons. The minimum absolute atomic E-state index is 0.0428. The third-order valence-electron chi connectivity index (χ3n) is 4.95. The third kappa shape index (κ3) is 4.03. The largest absolute Gasteiger partial charge is 0.326 e. The van der Waals surface area contributed by atoms with Gasteiger partial charge in [-0.2, -0.15) is 5.10 Å². The van der Waals surface area contributed by atoms with Gasteiger partial charge in [0.1, 0.15) is 5.82 Å². The van der Waals surface area contributed by atoms with Gasteiger partial charge in [-0.05, 0) is 75.2 Å². The van der Waals surface area contributed by atoms with E-state index < -0.39 is 0 Å². The van der Waals surface area contributed by atoms with Gasteiger partial charge < -0.3 is 10.6 Å². The number of hydrogen-bond acceptors (Lipinski definition) is 3. The highest BCUT2D eigenvalue weighted by atomic mass is 19.1. The average Bonchev–Trinajstić information content (AvgIpc) is 3.50. The van der Waals surface area contributed by atoms with E-state index in [9.17, 15) is 14.0 Å². The maximum absolute atomic E-state index is 13.2. The number of nitrogens with zero attached hydrogens (tertiary/aromatic N) is 2. The molecule has 1 aliphatic rings. The first-order valence-corrected chi connectivity index (χ1v) is 9.47. The quantitative estimate of drug-likeness (QED) is 0.682. The fourth-order valence-corrected chi connectivity index (χ4v) is 3.23. The first-order chi connectivity index (χ1) is 13.9. The fourth-order valence-electron chi connectivity index (χ4n) is 3.23. The second-order valence-corrected chi connectivity index (χ2v) is 7.23. The van der Waals surface area contributed by atoms with Crippen molar-refractivity contribution < 1.29 is 14.0 Å². The Balaban J connectivity index is 1.49. The lowest BCUT2D eigenvalue weighted by Gasteiger charge is -2.08. The van der Waals surface area contributed by atoms with Crippen molar-refractivity contribution in [3.05, 3.63) is 71.3 Å². The van der Waals surface area contributed by atoms with Crippen molar-refractivity contribution in [2.45, 2.75) is 26.7 Å². The van der Waals surface area contributed by atoms with E-state index in [4.69, 9.17) is 0 Å². The SMILES string of the molecule is Cc1nn(-c2ccc(F)cc2)c(C)c1C(=O)Nc1ccc(NC(=O)C2CC2)cc1. The zero-order chi connectivity index (χ0) is 20.5. The summed E-state index contributed by atoms with van der Waals surface area (Å²) in [5.41, 5.74) is 3.73. The van der Waals surface area contributed by atoms with Gasteiger partial charge in [-0.3, -0.25) is 9.59 Å². The smallest absolute Gasteiger partial charge is 0.259 e. The molecule has 148 valence electrons. The number of nitrogens with one attached hydrogen (secondary N) is 2. The molecule has 1 saturated carbocycles. The van der Waals surface area contributed by atoms with Gasteiger partial charge in [-0.1, -0.05) is 0 Å². The number of carbonyl (C=O) groups is 2. The standard InChI is InChI=1S/C22H21FN4O2/c1-13-20(14(2)27(26-13)19-11-5-16(23)6-12-19)22(29)25-18-9-7-17(8-10-18)24-21(28)15-3-4-15/h5-12,15H,3-4H2,1-2H3,(H,24,28)(H,25,29). The number of amides is 2. The molecule has 6 nitrogen and oxygen atoms in total. The van der Waals surface area contributed by atoms with E-state index in [0.29, 0.717) is 34.0 Å². The van der Waals surface area contributed by atoms with E-state index in [2.05, 4.69) is 15.7 Å². The minimum atomic E-state index is -0.329. The van der Waals surface area contributed by atoms with E-state index in [0.717, 1.165) is 12.8 Å². The summed E-state index contributed by atoms with van der Waals surface area (Å²) in [7, 11) is 0. The Kier molecular flexibility index (Phi) is 4.88. The molecule has 0 spiro atoms. The molecule has 0 bridgehead atoms. The Morgan fingerprint density at radius 1 is 0.966 bits per heavy atom. The van der Waals surface area contributed by atoms with E-state index in [-0.39, 0.29) is 23.5 Å². The summed E-state index contributed by atoms with van der Waals surface area (Å²) in [6.45, 7) is 3.56. The Hall–Kier alpha value is -3.48. The van der Waals surface area contributed by atoms with E-state index in [1.165, 1.54) is 12.1 Å². The van der Waals surface area contributed by atoms with Crippen LogP contribution in [0.4, 0.5) is 15.8 Å². The predicted octanol–water partition coefficient (Wildman–Crippen LogP) is 4.23. The van der Waals surface area contributed by atoms with Crippen molar-refractivity contribution in [2.24, 2.45) is 5.92 Å². The average molecular weight is 392 g/mol. The third-order valence-corrected chi connectivity index (χ3v) is 4.95. The molecule has 1 aliphatic carbocycles. The molecular formula is C22H21FN4O2. The number of halogens is 1. The second kappa shape index (κ2) is 7.50. The summed E-state index contributed by atoms with van der Waals surface area (Å²) >= 11 is 0. The van der Waals surface area contributed by atoms with Crippen LogP contribution in [0.15, 0.2) is 48.5 Å². The van der Waals surface area contributed by atoms with Crippen LogP contribution in [0.3, 0.4) is 0 Å². The van der Waals surface area contributed by atoms with Crippen LogP contribution in [0.25, 0.3) is 5.69 Å². The van der Waals surface area contributed by atoms with Crippen LogP contribution >= 0.6 is 0 Å². The molecule has 4 rings (SSSR count). The van der Waals surface area contributed by atoms with Crippen molar-refractivity contribution in [1.29, 1.82) is 0 Å². The molecule has 1 fully saturated rings. The molecule has 0 unspecified atom stereocenters. The minimum Gasteiger partial charge on any atom is -0.326 e. The van der Waals surface area contributed by atoms with Gasteiger partial charge >= 0.3 is 0 Å². The fraction of sp³-hybridized carbons (Fsp3) is 0.227. The molecule has 1 heterocycles. The second-order valence-electron chi connectivity index (χ2n) is 7.23. The number of carbonyl (C=O) groups excluding carboxylic acids is 2. The van der Waals surface area contributed by atoms with Crippen LogP contribution < -0.4 is 10.6 Å². The molecule has 0 saturated heterocycles. The van der Waals surface area contributed by atoms with E-state index in [1.807, 2.05) is 0 Å². The van der Waals surface area contributed by atoms with Gasteiger partial charge in [0.2, 0.25) is 5.91 Å². The Morgan fingerprint density at radius 3 is 2.14 bits per heavy atom. The van der Waals surface area contributed by atoms with Crippen molar-refractivity contribution in [2.75, 3.05) is 10.6 Å². The molecule has 3 aromatic rings. The van der Waals surface area contributed by atoms with E-state index >= 15 is 0 Å².